The first-order chi connectivity index (χ1) is 5.66. The molecule has 1 aliphatic heterocycles. The zero-order valence-electron chi connectivity index (χ0n) is 7.46. The number of nitrogens with one attached hydrogen (secondary N) is 1. The number of likely N-dealkylation sites (tertiary alicyclic amines) is 1. The predicted molar refractivity (Wildman–Crippen MR) is 44.4 cm³/mol. The maximum Gasteiger partial charge on any atom is 0.234 e. The van der Waals surface area contributed by atoms with E-state index < -0.39 is 5.92 Å². The molecule has 0 radical (unpaired) electrons. The molecular weight excluding hydrogens is 156 g/mol. The summed E-state index contributed by atoms with van der Waals surface area (Å²) in [6.45, 7) is 3.13. The van der Waals surface area contributed by atoms with E-state index in [1.165, 1.54) is 0 Å². The molecule has 0 bridgehead atoms. The summed E-state index contributed by atoms with van der Waals surface area (Å²) in [4.78, 5) is 24.1. The highest BCUT2D eigenvalue weighted by molar-refractivity contribution is 6.01. The quantitative estimate of drug-likeness (QED) is 0.573. The molecule has 1 unspecified atom stereocenters. The Morgan fingerprint density at radius 2 is 2.42 bits per heavy atom. The van der Waals surface area contributed by atoms with E-state index >= 15 is 0 Å². The Labute approximate surface area is 71.9 Å². The van der Waals surface area contributed by atoms with Crippen LogP contribution in [0.25, 0.3) is 0 Å². The highest BCUT2D eigenvalue weighted by Crippen LogP contribution is 2.15. The van der Waals surface area contributed by atoms with Crippen LogP contribution < -0.4 is 5.32 Å². The van der Waals surface area contributed by atoms with Gasteiger partial charge in [-0.05, 0) is 13.3 Å². The molecule has 0 spiro atoms. The summed E-state index contributed by atoms with van der Waals surface area (Å²) < 4.78 is 0. The van der Waals surface area contributed by atoms with Crippen LogP contribution in [-0.2, 0) is 9.59 Å². The molecule has 1 aliphatic rings. The van der Waals surface area contributed by atoms with Crippen LogP contribution in [0.1, 0.15) is 13.3 Å². The number of nitrogens with zero attached hydrogens (tertiary/aromatic N) is 1. The van der Waals surface area contributed by atoms with Gasteiger partial charge in [0.25, 0.3) is 0 Å². The summed E-state index contributed by atoms with van der Waals surface area (Å²) in [6, 6.07) is 0. The predicted octanol–water partition coefficient (Wildman–Crippen LogP) is -0.399. The first-order valence-corrected chi connectivity index (χ1v) is 4.19. The second-order valence-corrected chi connectivity index (χ2v) is 3.00. The topological polar surface area (TPSA) is 49.4 Å². The highest BCUT2D eigenvalue weighted by Gasteiger charge is 2.34. The third-order valence-electron chi connectivity index (χ3n) is 2.10. The summed E-state index contributed by atoms with van der Waals surface area (Å²) in [5.74, 6) is -0.622. The Bertz CT molecular complexity index is 203. The van der Waals surface area contributed by atoms with E-state index in [-0.39, 0.29) is 11.8 Å². The minimum atomic E-state index is -0.435. The second kappa shape index (κ2) is 3.56. The van der Waals surface area contributed by atoms with Crippen LogP contribution in [0.2, 0.25) is 0 Å². The van der Waals surface area contributed by atoms with Crippen molar-refractivity contribution in [3.8, 4) is 0 Å². The molecule has 12 heavy (non-hydrogen) atoms. The Hall–Kier alpha value is -1.06. The van der Waals surface area contributed by atoms with E-state index in [1.54, 1.807) is 11.9 Å². The maximum absolute atomic E-state index is 11.3. The normalized spacial score (nSPS) is 23.0. The van der Waals surface area contributed by atoms with Crippen molar-refractivity contribution in [1.29, 1.82) is 0 Å². The van der Waals surface area contributed by atoms with Crippen molar-refractivity contribution in [2.24, 2.45) is 5.92 Å². The van der Waals surface area contributed by atoms with Gasteiger partial charge in [-0.2, -0.15) is 0 Å². The molecule has 0 aromatic rings. The summed E-state index contributed by atoms with van der Waals surface area (Å²) >= 11 is 0. The minimum Gasteiger partial charge on any atom is -0.356 e. The van der Waals surface area contributed by atoms with Gasteiger partial charge in [-0.1, -0.05) is 0 Å². The molecule has 1 rings (SSSR count). The molecule has 4 heteroatoms. The smallest absolute Gasteiger partial charge is 0.234 e. The van der Waals surface area contributed by atoms with E-state index in [1.807, 2.05) is 6.92 Å². The lowest BCUT2D eigenvalue weighted by molar-refractivity contribution is -0.136. The molecule has 4 nitrogen and oxygen atoms in total. The molecule has 0 aliphatic carbocycles. The third-order valence-corrected chi connectivity index (χ3v) is 2.10. The number of carbonyl (C=O) groups is 2. The van der Waals surface area contributed by atoms with E-state index in [0.717, 1.165) is 0 Å². The van der Waals surface area contributed by atoms with Crippen molar-refractivity contribution in [1.82, 2.24) is 10.2 Å². The molecule has 0 saturated carbocycles. The van der Waals surface area contributed by atoms with Crippen molar-refractivity contribution >= 4 is 11.8 Å². The highest BCUT2D eigenvalue weighted by atomic mass is 16.2. The molecule has 1 atom stereocenters. The lowest BCUT2D eigenvalue weighted by atomic mass is 10.1. The van der Waals surface area contributed by atoms with Gasteiger partial charge >= 0.3 is 0 Å². The van der Waals surface area contributed by atoms with Gasteiger partial charge in [-0.15, -0.1) is 0 Å². The molecule has 1 fully saturated rings. The fourth-order valence-corrected chi connectivity index (χ4v) is 1.36. The molecule has 2 amide bonds. The van der Waals surface area contributed by atoms with Crippen LogP contribution in [0.3, 0.4) is 0 Å². The largest absolute Gasteiger partial charge is 0.356 e. The van der Waals surface area contributed by atoms with Gasteiger partial charge < -0.3 is 10.2 Å². The van der Waals surface area contributed by atoms with Crippen molar-refractivity contribution < 1.29 is 9.59 Å². The first-order valence-electron chi connectivity index (χ1n) is 4.19. The van der Waals surface area contributed by atoms with Crippen LogP contribution >= 0.6 is 0 Å². The van der Waals surface area contributed by atoms with Crippen LogP contribution in [0.4, 0.5) is 0 Å². The van der Waals surface area contributed by atoms with Gasteiger partial charge in [0.05, 0.1) is 0 Å². The number of hydrogen-bond acceptors (Lipinski definition) is 2. The zero-order valence-corrected chi connectivity index (χ0v) is 7.46. The minimum absolute atomic E-state index is 0.0547. The molecule has 68 valence electrons. The van der Waals surface area contributed by atoms with Crippen LogP contribution in [-0.4, -0.2) is 36.9 Å². The number of carbonyl (C=O) groups excluding carboxylic acids is 2. The van der Waals surface area contributed by atoms with Crippen molar-refractivity contribution in [3.63, 3.8) is 0 Å². The third kappa shape index (κ3) is 1.57. The Morgan fingerprint density at radius 1 is 1.75 bits per heavy atom. The van der Waals surface area contributed by atoms with Crippen LogP contribution in [0.15, 0.2) is 0 Å². The second-order valence-electron chi connectivity index (χ2n) is 3.00. The van der Waals surface area contributed by atoms with Crippen molar-refractivity contribution in [2.45, 2.75) is 13.3 Å². The maximum atomic E-state index is 11.3. The fraction of sp³-hybridized carbons (Fsp3) is 0.750. The SMILES string of the molecule is CCNC(=O)C1CCN(C)C1=O. The standard InChI is InChI=1S/C8H14N2O2/c1-3-9-7(11)6-4-5-10(2)8(6)12/h6H,3-5H2,1-2H3,(H,9,11). The summed E-state index contributed by atoms with van der Waals surface area (Å²) in [5, 5.41) is 2.65. The van der Waals surface area contributed by atoms with Gasteiger partial charge in [0.1, 0.15) is 5.92 Å². The molecule has 1 saturated heterocycles. The molecule has 0 aromatic carbocycles. The Morgan fingerprint density at radius 3 is 2.83 bits per heavy atom. The summed E-state index contributed by atoms with van der Waals surface area (Å²) in [5.41, 5.74) is 0. The average Bonchev–Trinajstić information content (AvgIpc) is 2.34. The van der Waals surface area contributed by atoms with E-state index in [2.05, 4.69) is 5.32 Å². The lowest BCUT2D eigenvalue weighted by Gasteiger charge is -2.09. The number of hydrogen-bond donors (Lipinski definition) is 1. The average molecular weight is 170 g/mol. The monoisotopic (exact) mass is 170 g/mol. The van der Waals surface area contributed by atoms with E-state index in [4.69, 9.17) is 0 Å². The zero-order chi connectivity index (χ0) is 9.14. The first kappa shape index (κ1) is 9.03. The molecular formula is C8H14N2O2. The number of amides is 2. The number of rotatable bonds is 2. The van der Waals surface area contributed by atoms with Crippen LogP contribution in [0, 0.1) is 5.92 Å². The van der Waals surface area contributed by atoms with Gasteiger partial charge in [0, 0.05) is 20.1 Å². The fourth-order valence-electron chi connectivity index (χ4n) is 1.36. The summed E-state index contributed by atoms with van der Waals surface area (Å²) in [7, 11) is 1.72. The van der Waals surface area contributed by atoms with E-state index in [9.17, 15) is 9.59 Å². The van der Waals surface area contributed by atoms with Gasteiger partial charge in [-0.3, -0.25) is 9.59 Å². The molecule has 1 N–H and O–H groups in total. The molecule has 0 aromatic heterocycles. The van der Waals surface area contributed by atoms with Gasteiger partial charge in [0.15, 0.2) is 0 Å². The Balaban J connectivity index is 2.53. The van der Waals surface area contributed by atoms with Crippen LogP contribution in [0.5, 0.6) is 0 Å². The molecule has 1 heterocycles. The Kier molecular flexibility index (Phi) is 2.68. The van der Waals surface area contributed by atoms with E-state index in [0.29, 0.717) is 19.5 Å². The van der Waals surface area contributed by atoms with Crippen molar-refractivity contribution in [2.75, 3.05) is 20.1 Å². The van der Waals surface area contributed by atoms with Gasteiger partial charge in [0.2, 0.25) is 11.8 Å². The van der Waals surface area contributed by atoms with Crippen molar-refractivity contribution in [3.05, 3.63) is 0 Å². The lowest BCUT2D eigenvalue weighted by Crippen LogP contribution is -2.35. The van der Waals surface area contributed by atoms with Gasteiger partial charge in [-0.25, -0.2) is 0 Å². The summed E-state index contributed by atoms with van der Waals surface area (Å²) in [6.07, 6.45) is 0.654.